The van der Waals surface area contributed by atoms with E-state index in [2.05, 4.69) is 46.2 Å². The second-order valence-electron chi connectivity index (χ2n) is 7.35. The minimum atomic E-state index is 0.0747. The number of likely N-dealkylation sites (tertiary alicyclic amines) is 1. The van der Waals surface area contributed by atoms with Crippen LogP contribution in [0, 0.1) is 5.92 Å². The monoisotopic (exact) mass is 343 g/mol. The van der Waals surface area contributed by atoms with Gasteiger partial charge in [-0.1, -0.05) is 12.1 Å². The summed E-state index contributed by atoms with van der Waals surface area (Å²) in [5.74, 6) is 1.17. The molecule has 3 rings (SSSR count). The molecule has 1 amide bonds. The van der Waals surface area contributed by atoms with E-state index in [1.54, 1.807) is 0 Å². The molecule has 0 unspecified atom stereocenters. The van der Waals surface area contributed by atoms with Crippen molar-refractivity contribution in [2.45, 2.75) is 25.3 Å². The van der Waals surface area contributed by atoms with Gasteiger partial charge in [-0.3, -0.25) is 4.79 Å². The van der Waals surface area contributed by atoms with Gasteiger partial charge in [0.2, 0.25) is 5.91 Å². The number of carbonyl (C=O) groups excluding carboxylic acids is 1. The van der Waals surface area contributed by atoms with Crippen molar-refractivity contribution in [2.24, 2.45) is 5.92 Å². The third kappa shape index (κ3) is 4.58. The summed E-state index contributed by atoms with van der Waals surface area (Å²) in [5, 5.41) is 3.10. The van der Waals surface area contributed by atoms with Gasteiger partial charge in [-0.25, -0.2) is 4.98 Å². The largest absolute Gasteiger partial charge is 0.355 e. The highest BCUT2D eigenvalue weighted by atomic mass is 16.1. The van der Waals surface area contributed by atoms with Crippen LogP contribution in [0.1, 0.15) is 18.7 Å². The summed E-state index contributed by atoms with van der Waals surface area (Å²) in [4.78, 5) is 25.0. The number of para-hydroxylation sites is 2. The Kier molecular flexibility index (Phi) is 5.71. The van der Waals surface area contributed by atoms with E-state index in [-0.39, 0.29) is 11.8 Å². The highest BCUT2D eigenvalue weighted by Crippen LogP contribution is 2.18. The zero-order chi connectivity index (χ0) is 17.8. The molecule has 0 bridgehead atoms. The topological polar surface area (TPSA) is 64.3 Å². The number of amides is 1. The molecule has 2 aromatic rings. The minimum absolute atomic E-state index is 0.0747. The van der Waals surface area contributed by atoms with Gasteiger partial charge in [0.1, 0.15) is 5.82 Å². The summed E-state index contributed by atoms with van der Waals surface area (Å²) in [7, 11) is 6.34. The van der Waals surface area contributed by atoms with Crippen LogP contribution in [-0.2, 0) is 11.2 Å². The molecule has 2 atom stereocenters. The molecule has 2 N–H and O–H groups in total. The minimum Gasteiger partial charge on any atom is -0.355 e. The first-order valence-corrected chi connectivity index (χ1v) is 9.09. The van der Waals surface area contributed by atoms with Crippen molar-refractivity contribution >= 4 is 16.9 Å². The Labute approximate surface area is 149 Å². The standard InChI is InChI=1S/C19H29N5O/c1-23(2)15-9-8-14(12-24(3)13-15)19(25)20-11-10-18-21-16-6-4-5-7-17(16)22-18/h4-7,14-15H,8-13H2,1-3H3,(H,20,25)(H,21,22)/t14-,15+/m1/s1. The van der Waals surface area contributed by atoms with E-state index in [0.717, 1.165) is 49.2 Å². The highest BCUT2D eigenvalue weighted by Gasteiger charge is 2.27. The smallest absolute Gasteiger partial charge is 0.224 e. The van der Waals surface area contributed by atoms with Gasteiger partial charge in [-0.05, 0) is 46.1 Å². The van der Waals surface area contributed by atoms with Gasteiger partial charge in [-0.15, -0.1) is 0 Å². The van der Waals surface area contributed by atoms with Gasteiger partial charge in [0.05, 0.1) is 17.0 Å². The van der Waals surface area contributed by atoms with Crippen molar-refractivity contribution in [2.75, 3.05) is 40.8 Å². The molecule has 2 heterocycles. The lowest BCUT2D eigenvalue weighted by atomic mass is 10.0. The van der Waals surface area contributed by atoms with Crippen LogP contribution in [0.15, 0.2) is 24.3 Å². The summed E-state index contributed by atoms with van der Waals surface area (Å²) in [6.45, 7) is 2.48. The van der Waals surface area contributed by atoms with Crippen LogP contribution in [0.25, 0.3) is 11.0 Å². The molecule has 1 fully saturated rings. The normalized spacial score (nSPS) is 22.2. The van der Waals surface area contributed by atoms with Gasteiger partial charge >= 0.3 is 0 Å². The average Bonchev–Trinajstić information content (AvgIpc) is 2.88. The molecule has 0 aliphatic carbocycles. The van der Waals surface area contributed by atoms with Crippen LogP contribution in [0.5, 0.6) is 0 Å². The van der Waals surface area contributed by atoms with Gasteiger partial charge in [0.15, 0.2) is 0 Å². The molecule has 136 valence electrons. The van der Waals surface area contributed by atoms with E-state index in [9.17, 15) is 4.79 Å². The average molecular weight is 343 g/mol. The van der Waals surface area contributed by atoms with Crippen molar-refractivity contribution in [3.05, 3.63) is 30.1 Å². The molecule has 1 aliphatic heterocycles. The molecule has 1 aromatic heterocycles. The van der Waals surface area contributed by atoms with Crippen LogP contribution >= 0.6 is 0 Å². The van der Waals surface area contributed by atoms with Gasteiger partial charge < -0.3 is 20.1 Å². The fourth-order valence-corrected chi connectivity index (χ4v) is 3.59. The second-order valence-corrected chi connectivity index (χ2v) is 7.35. The number of rotatable bonds is 5. The van der Waals surface area contributed by atoms with Crippen LogP contribution in [0.4, 0.5) is 0 Å². The molecule has 6 heteroatoms. The number of H-pyrrole nitrogens is 1. The van der Waals surface area contributed by atoms with E-state index in [1.165, 1.54) is 0 Å². The highest BCUT2D eigenvalue weighted by molar-refractivity contribution is 5.79. The molecular weight excluding hydrogens is 314 g/mol. The summed E-state index contributed by atoms with van der Waals surface area (Å²) in [6, 6.07) is 8.52. The Morgan fingerprint density at radius 1 is 1.32 bits per heavy atom. The van der Waals surface area contributed by atoms with E-state index in [4.69, 9.17) is 0 Å². The molecule has 25 heavy (non-hydrogen) atoms. The number of nitrogens with one attached hydrogen (secondary N) is 2. The maximum Gasteiger partial charge on any atom is 0.224 e. The number of carbonyl (C=O) groups is 1. The van der Waals surface area contributed by atoms with Crippen LogP contribution in [-0.4, -0.2) is 72.5 Å². The number of aromatic nitrogens is 2. The van der Waals surface area contributed by atoms with Crippen molar-refractivity contribution in [3.8, 4) is 0 Å². The summed E-state index contributed by atoms with van der Waals surface area (Å²) in [5.41, 5.74) is 2.02. The fraction of sp³-hybridized carbons (Fsp3) is 0.579. The zero-order valence-corrected chi connectivity index (χ0v) is 15.5. The van der Waals surface area contributed by atoms with Crippen molar-refractivity contribution in [3.63, 3.8) is 0 Å². The number of hydrogen-bond acceptors (Lipinski definition) is 4. The lowest BCUT2D eigenvalue weighted by Gasteiger charge is -2.25. The Hall–Kier alpha value is -1.92. The number of hydrogen-bond donors (Lipinski definition) is 2. The van der Waals surface area contributed by atoms with Crippen LogP contribution in [0.2, 0.25) is 0 Å². The zero-order valence-electron chi connectivity index (χ0n) is 15.5. The number of benzene rings is 1. The third-order valence-corrected chi connectivity index (χ3v) is 5.10. The molecule has 1 saturated heterocycles. The molecule has 6 nitrogen and oxygen atoms in total. The summed E-state index contributed by atoms with van der Waals surface area (Å²) >= 11 is 0. The number of fused-ring (bicyclic) bond motifs is 1. The van der Waals surface area contributed by atoms with E-state index < -0.39 is 0 Å². The molecule has 1 aliphatic rings. The maximum atomic E-state index is 12.6. The Balaban J connectivity index is 1.50. The third-order valence-electron chi connectivity index (χ3n) is 5.10. The number of likely N-dealkylation sites (N-methyl/N-ethyl adjacent to an activating group) is 2. The first-order valence-electron chi connectivity index (χ1n) is 9.09. The van der Waals surface area contributed by atoms with E-state index in [0.29, 0.717) is 12.6 Å². The van der Waals surface area contributed by atoms with E-state index >= 15 is 0 Å². The van der Waals surface area contributed by atoms with Crippen LogP contribution in [0.3, 0.4) is 0 Å². The van der Waals surface area contributed by atoms with Crippen LogP contribution < -0.4 is 5.32 Å². The van der Waals surface area contributed by atoms with Gasteiger partial charge in [0, 0.05) is 32.1 Å². The summed E-state index contributed by atoms with van der Waals surface area (Å²) < 4.78 is 0. The Morgan fingerprint density at radius 3 is 2.88 bits per heavy atom. The molecule has 0 spiro atoms. The predicted molar refractivity (Wildman–Crippen MR) is 101 cm³/mol. The molecule has 0 saturated carbocycles. The molecular formula is C19H29N5O. The second kappa shape index (κ2) is 7.97. The summed E-state index contributed by atoms with van der Waals surface area (Å²) in [6.07, 6.45) is 2.74. The Bertz CT molecular complexity index is 678. The number of imidazole rings is 1. The van der Waals surface area contributed by atoms with Gasteiger partial charge in [-0.2, -0.15) is 0 Å². The molecule has 0 radical (unpaired) electrons. The SMILES string of the molecule is CN1C[C@H](C(=O)NCCc2nc3ccccc3[nH]2)CC[C@H](N(C)C)C1. The lowest BCUT2D eigenvalue weighted by molar-refractivity contribution is -0.125. The first-order chi connectivity index (χ1) is 12.0. The first kappa shape index (κ1) is 17.9. The number of nitrogens with zero attached hydrogens (tertiary/aromatic N) is 3. The fourth-order valence-electron chi connectivity index (χ4n) is 3.59. The van der Waals surface area contributed by atoms with Crippen molar-refractivity contribution in [1.82, 2.24) is 25.1 Å². The molecule has 1 aromatic carbocycles. The number of aromatic amines is 1. The van der Waals surface area contributed by atoms with Crippen molar-refractivity contribution < 1.29 is 4.79 Å². The van der Waals surface area contributed by atoms with Crippen molar-refractivity contribution in [1.29, 1.82) is 0 Å². The lowest BCUT2D eigenvalue weighted by Crippen LogP contribution is -2.39. The quantitative estimate of drug-likeness (QED) is 0.863. The van der Waals surface area contributed by atoms with Gasteiger partial charge in [0.25, 0.3) is 0 Å². The van der Waals surface area contributed by atoms with E-state index in [1.807, 2.05) is 24.3 Å². The maximum absolute atomic E-state index is 12.6. The Morgan fingerprint density at radius 2 is 2.12 bits per heavy atom. The predicted octanol–water partition coefficient (Wildman–Crippen LogP) is 1.49.